The monoisotopic (exact) mass is 436 g/mol. The lowest BCUT2D eigenvalue weighted by atomic mass is 9.94. The normalized spacial score (nSPS) is 16.6. The molecule has 0 saturated heterocycles. The van der Waals surface area contributed by atoms with E-state index in [1.807, 2.05) is 30.0 Å². The van der Waals surface area contributed by atoms with Crippen LogP contribution >= 0.6 is 12.2 Å². The molecule has 0 spiro atoms. The Balaban J connectivity index is 1.79. The average molecular weight is 437 g/mol. The van der Waals surface area contributed by atoms with Crippen LogP contribution in [0.5, 0.6) is 0 Å². The number of nitrogens with one attached hydrogen (secondary N) is 1. The van der Waals surface area contributed by atoms with Crippen LogP contribution < -0.4 is 5.32 Å². The molecule has 0 amide bonds. The zero-order chi connectivity index (χ0) is 22.0. The molecule has 3 aromatic rings. The van der Waals surface area contributed by atoms with Crippen molar-refractivity contribution in [3.8, 4) is 11.4 Å². The molecule has 5 nitrogen and oxygen atoms in total. The van der Waals surface area contributed by atoms with E-state index in [1.165, 1.54) is 17.7 Å². The number of rotatable bonds is 6. The van der Waals surface area contributed by atoms with Crippen molar-refractivity contribution < 1.29 is 8.91 Å². The van der Waals surface area contributed by atoms with Crippen LogP contribution in [0.15, 0.2) is 58.8 Å². The van der Waals surface area contributed by atoms with Gasteiger partial charge < -0.3 is 14.7 Å². The van der Waals surface area contributed by atoms with Crippen molar-refractivity contribution in [2.24, 2.45) is 0 Å². The third kappa shape index (κ3) is 4.23. The summed E-state index contributed by atoms with van der Waals surface area (Å²) < 4.78 is 19.7. The minimum absolute atomic E-state index is 0.305. The smallest absolute Gasteiger partial charge is 0.258 e. The fourth-order valence-electron chi connectivity index (χ4n) is 3.83. The standard InChI is InChI=1S/C24H25FN4OS/c1-4-13-29-15(3)20(21(26-24(29)31)18-7-6-8-19(25)14-18)23-27-22(28-30-23)17-11-9-16(5-2)10-12-17/h6-12,14,21H,4-5,13H2,1-3H3,(H,26,31). The largest absolute Gasteiger partial charge is 0.351 e. The lowest BCUT2D eigenvalue weighted by Crippen LogP contribution is -2.46. The summed E-state index contributed by atoms with van der Waals surface area (Å²) in [5, 5.41) is 8.16. The molecule has 1 aromatic heterocycles. The van der Waals surface area contributed by atoms with Gasteiger partial charge in [0.05, 0.1) is 11.6 Å². The quantitative estimate of drug-likeness (QED) is 0.514. The van der Waals surface area contributed by atoms with Crippen molar-refractivity contribution in [2.75, 3.05) is 6.54 Å². The van der Waals surface area contributed by atoms with Gasteiger partial charge in [0.1, 0.15) is 5.82 Å². The van der Waals surface area contributed by atoms with E-state index in [2.05, 4.69) is 41.4 Å². The summed E-state index contributed by atoms with van der Waals surface area (Å²) in [6.45, 7) is 6.96. The van der Waals surface area contributed by atoms with E-state index in [-0.39, 0.29) is 11.9 Å². The Kier molecular flexibility index (Phi) is 6.13. The first kappa shape index (κ1) is 21.2. The Hall–Kier alpha value is -3.06. The van der Waals surface area contributed by atoms with Crippen molar-refractivity contribution >= 4 is 22.9 Å². The second kappa shape index (κ2) is 8.98. The van der Waals surface area contributed by atoms with Gasteiger partial charge >= 0.3 is 0 Å². The molecular weight excluding hydrogens is 411 g/mol. The van der Waals surface area contributed by atoms with Gasteiger partial charge in [-0.15, -0.1) is 0 Å². The lowest BCUT2D eigenvalue weighted by Gasteiger charge is -2.37. The Bertz CT molecular complexity index is 1120. The van der Waals surface area contributed by atoms with Crippen LogP contribution in [-0.4, -0.2) is 26.7 Å². The van der Waals surface area contributed by atoms with Crippen LogP contribution in [0.3, 0.4) is 0 Å². The fourth-order valence-corrected chi connectivity index (χ4v) is 4.17. The van der Waals surface area contributed by atoms with Gasteiger partial charge in [0.25, 0.3) is 5.89 Å². The zero-order valence-electron chi connectivity index (χ0n) is 17.9. The number of aryl methyl sites for hydroxylation is 1. The van der Waals surface area contributed by atoms with Crippen LogP contribution in [0.1, 0.15) is 50.3 Å². The summed E-state index contributed by atoms with van der Waals surface area (Å²) in [5.41, 5.74) is 4.61. The van der Waals surface area contributed by atoms with Gasteiger partial charge in [-0.05, 0) is 55.2 Å². The minimum Gasteiger partial charge on any atom is -0.351 e. The first-order chi connectivity index (χ1) is 15.0. The Morgan fingerprint density at radius 2 is 1.94 bits per heavy atom. The molecule has 0 aliphatic carbocycles. The third-order valence-electron chi connectivity index (χ3n) is 5.50. The van der Waals surface area contributed by atoms with E-state index in [4.69, 9.17) is 16.7 Å². The highest BCUT2D eigenvalue weighted by atomic mass is 32.1. The highest BCUT2D eigenvalue weighted by Gasteiger charge is 2.33. The number of thiocarbonyl (C=S) groups is 1. The summed E-state index contributed by atoms with van der Waals surface area (Å²) in [4.78, 5) is 6.72. The number of halogens is 1. The maximum atomic E-state index is 14.0. The van der Waals surface area contributed by atoms with Crippen molar-refractivity contribution in [2.45, 2.75) is 39.7 Å². The van der Waals surface area contributed by atoms with Crippen LogP contribution in [0.4, 0.5) is 4.39 Å². The molecule has 0 fully saturated rings. The highest BCUT2D eigenvalue weighted by Crippen LogP contribution is 2.37. The van der Waals surface area contributed by atoms with Gasteiger partial charge in [-0.25, -0.2) is 4.39 Å². The molecule has 2 heterocycles. The van der Waals surface area contributed by atoms with Crippen LogP contribution in [0, 0.1) is 5.82 Å². The van der Waals surface area contributed by atoms with E-state index in [0.29, 0.717) is 16.8 Å². The summed E-state index contributed by atoms with van der Waals surface area (Å²) in [6.07, 6.45) is 1.90. The molecule has 160 valence electrons. The Labute approximate surface area is 187 Å². The molecule has 1 unspecified atom stereocenters. The molecule has 2 aromatic carbocycles. The van der Waals surface area contributed by atoms with Gasteiger partial charge in [0.15, 0.2) is 5.11 Å². The van der Waals surface area contributed by atoms with E-state index in [1.54, 1.807) is 6.07 Å². The van der Waals surface area contributed by atoms with Crippen LogP contribution in [0.2, 0.25) is 0 Å². The Morgan fingerprint density at radius 1 is 1.16 bits per heavy atom. The molecule has 0 saturated carbocycles. The van der Waals surface area contributed by atoms with Crippen molar-refractivity contribution in [3.05, 3.63) is 77.1 Å². The molecule has 1 aliphatic heterocycles. The number of nitrogens with zero attached hydrogens (tertiary/aromatic N) is 3. The van der Waals surface area contributed by atoms with Gasteiger partial charge in [-0.2, -0.15) is 4.98 Å². The number of hydrogen-bond acceptors (Lipinski definition) is 4. The maximum absolute atomic E-state index is 14.0. The zero-order valence-corrected chi connectivity index (χ0v) is 18.7. The minimum atomic E-state index is -0.382. The lowest BCUT2D eigenvalue weighted by molar-refractivity contribution is 0.396. The molecule has 7 heteroatoms. The number of aromatic nitrogens is 2. The summed E-state index contributed by atoms with van der Waals surface area (Å²) in [7, 11) is 0. The SMILES string of the molecule is CCCN1C(=S)NC(c2cccc(F)c2)C(c2nc(-c3ccc(CC)cc3)no2)=C1C. The molecular formula is C24H25FN4OS. The molecule has 31 heavy (non-hydrogen) atoms. The van der Waals surface area contributed by atoms with Crippen molar-refractivity contribution in [3.63, 3.8) is 0 Å². The second-order valence-electron chi connectivity index (χ2n) is 7.56. The van der Waals surface area contributed by atoms with Gasteiger partial charge in [-0.3, -0.25) is 0 Å². The van der Waals surface area contributed by atoms with Gasteiger partial charge in [-0.1, -0.05) is 55.4 Å². The van der Waals surface area contributed by atoms with Crippen molar-refractivity contribution in [1.82, 2.24) is 20.4 Å². The first-order valence-electron chi connectivity index (χ1n) is 10.5. The molecule has 1 N–H and O–H groups in total. The predicted octanol–water partition coefficient (Wildman–Crippen LogP) is 5.51. The van der Waals surface area contributed by atoms with Crippen LogP contribution in [-0.2, 0) is 6.42 Å². The Morgan fingerprint density at radius 3 is 2.61 bits per heavy atom. The number of benzene rings is 2. The van der Waals surface area contributed by atoms with Gasteiger partial charge in [0.2, 0.25) is 5.82 Å². The van der Waals surface area contributed by atoms with Crippen molar-refractivity contribution in [1.29, 1.82) is 0 Å². The molecule has 1 atom stereocenters. The molecule has 0 bridgehead atoms. The number of allylic oxidation sites excluding steroid dienone is 1. The predicted molar refractivity (Wildman–Crippen MR) is 124 cm³/mol. The molecule has 0 radical (unpaired) electrons. The summed E-state index contributed by atoms with van der Waals surface area (Å²) >= 11 is 5.61. The van der Waals surface area contributed by atoms with E-state index < -0.39 is 0 Å². The first-order valence-corrected chi connectivity index (χ1v) is 10.9. The summed E-state index contributed by atoms with van der Waals surface area (Å²) in [6, 6.07) is 14.2. The average Bonchev–Trinajstić information content (AvgIpc) is 3.26. The maximum Gasteiger partial charge on any atom is 0.258 e. The van der Waals surface area contributed by atoms with Crippen LogP contribution in [0.25, 0.3) is 17.0 Å². The summed E-state index contributed by atoms with van der Waals surface area (Å²) in [5.74, 6) is 0.615. The second-order valence-corrected chi connectivity index (χ2v) is 7.95. The molecule has 1 aliphatic rings. The third-order valence-corrected chi connectivity index (χ3v) is 5.84. The number of hydrogen-bond donors (Lipinski definition) is 1. The van der Waals surface area contributed by atoms with E-state index >= 15 is 0 Å². The topological polar surface area (TPSA) is 54.2 Å². The van der Waals surface area contributed by atoms with Gasteiger partial charge in [0, 0.05) is 17.8 Å². The highest BCUT2D eigenvalue weighted by molar-refractivity contribution is 7.80. The van der Waals surface area contributed by atoms with E-state index in [9.17, 15) is 4.39 Å². The molecule has 4 rings (SSSR count). The van der Waals surface area contributed by atoms with E-state index in [0.717, 1.165) is 41.8 Å². The fraction of sp³-hybridized carbons (Fsp3) is 0.292.